The molecule has 8 heteroatoms. The smallest absolute Gasteiger partial charge is 0.107 e. The van der Waals surface area contributed by atoms with Crippen molar-refractivity contribution in [2.45, 2.75) is 0 Å². The third-order valence-corrected chi connectivity index (χ3v) is 4.42. The topological polar surface area (TPSA) is 24.7 Å². The second kappa shape index (κ2) is 6.69. The highest BCUT2D eigenvalue weighted by molar-refractivity contribution is 6.48. The van der Waals surface area contributed by atoms with E-state index in [1.54, 1.807) is 6.07 Å². The molecule has 0 spiro atoms. The molecule has 0 radical (unpaired) electrons. The molecule has 0 saturated heterocycles. The van der Waals surface area contributed by atoms with E-state index >= 15 is 0 Å². The van der Waals surface area contributed by atoms with Gasteiger partial charge >= 0.3 is 0 Å². The molecule has 0 N–H and O–H groups in total. The van der Waals surface area contributed by atoms with Gasteiger partial charge in [0.05, 0.1) is 30.8 Å². The fraction of sp³-hybridized carbons (Fsp3) is 0. The van der Waals surface area contributed by atoms with E-state index in [2.05, 4.69) is 10.2 Å². The van der Waals surface area contributed by atoms with Gasteiger partial charge in [0.2, 0.25) is 0 Å². The van der Waals surface area contributed by atoms with Crippen molar-refractivity contribution in [3.63, 3.8) is 0 Å². The molecular weight excluding hydrogens is 385 g/mol. The van der Waals surface area contributed by atoms with Gasteiger partial charge < -0.3 is 0 Å². The van der Waals surface area contributed by atoms with E-state index in [1.807, 2.05) is 0 Å². The molecule has 0 amide bonds. The Morgan fingerprint density at radius 2 is 1.15 bits per heavy atom. The van der Waals surface area contributed by atoms with E-state index in [0.29, 0.717) is 21.4 Å². The Kier molecular flexibility index (Phi) is 5.41. The molecule has 0 aliphatic heterocycles. The molecule has 0 heterocycles. The molecule has 104 valence electrons. The van der Waals surface area contributed by atoms with E-state index in [4.69, 9.17) is 69.6 Å². The molecule has 0 aromatic heterocycles. The van der Waals surface area contributed by atoms with Gasteiger partial charge in [0.1, 0.15) is 5.69 Å². The third kappa shape index (κ3) is 3.70. The van der Waals surface area contributed by atoms with Crippen LogP contribution in [0, 0.1) is 0 Å². The van der Waals surface area contributed by atoms with Gasteiger partial charge in [-0.15, -0.1) is 5.11 Å². The molecule has 0 saturated carbocycles. The van der Waals surface area contributed by atoms with Gasteiger partial charge in [0.25, 0.3) is 0 Å². The van der Waals surface area contributed by atoms with Crippen LogP contribution < -0.4 is 0 Å². The fourth-order valence-corrected chi connectivity index (χ4v) is 2.54. The standard InChI is InChI=1S/C12H4Cl6N2/c13-5-1-7(14)12(18)10(2-5)20-19-6-3-8(15)11(17)9(16)4-6/h1-4H. The minimum atomic E-state index is 0.256. The number of halogens is 6. The summed E-state index contributed by atoms with van der Waals surface area (Å²) in [4.78, 5) is 0. The Balaban J connectivity index is 2.40. The second-order valence-corrected chi connectivity index (χ2v) is 6.06. The maximum absolute atomic E-state index is 6.00. The van der Waals surface area contributed by atoms with E-state index < -0.39 is 0 Å². The van der Waals surface area contributed by atoms with Crippen LogP contribution in [0.1, 0.15) is 0 Å². The number of rotatable bonds is 2. The van der Waals surface area contributed by atoms with Crippen LogP contribution >= 0.6 is 69.6 Å². The molecule has 2 aromatic carbocycles. The number of hydrogen-bond donors (Lipinski definition) is 0. The van der Waals surface area contributed by atoms with Crippen molar-refractivity contribution in [3.05, 3.63) is 54.4 Å². The fourth-order valence-electron chi connectivity index (χ4n) is 1.33. The van der Waals surface area contributed by atoms with Crippen molar-refractivity contribution in [1.29, 1.82) is 0 Å². The number of nitrogens with zero attached hydrogens (tertiary/aromatic N) is 2. The van der Waals surface area contributed by atoms with E-state index in [9.17, 15) is 0 Å². The summed E-state index contributed by atoms with van der Waals surface area (Å²) in [6.07, 6.45) is 0. The highest BCUT2D eigenvalue weighted by Gasteiger charge is 2.08. The first kappa shape index (κ1) is 16.2. The van der Waals surface area contributed by atoms with Gasteiger partial charge in [-0.1, -0.05) is 69.6 Å². The van der Waals surface area contributed by atoms with Gasteiger partial charge in [0.15, 0.2) is 0 Å². The van der Waals surface area contributed by atoms with Crippen LogP contribution in [0.2, 0.25) is 30.1 Å². The average Bonchev–Trinajstić information content (AvgIpc) is 2.38. The van der Waals surface area contributed by atoms with E-state index in [-0.39, 0.29) is 20.1 Å². The van der Waals surface area contributed by atoms with Crippen molar-refractivity contribution < 1.29 is 0 Å². The maximum atomic E-state index is 6.00. The summed E-state index contributed by atoms with van der Waals surface area (Å²) < 4.78 is 0. The van der Waals surface area contributed by atoms with Crippen molar-refractivity contribution in [3.8, 4) is 0 Å². The largest absolute Gasteiger partial charge is 0.150 e. The predicted octanol–water partition coefficient (Wildman–Crippen LogP) is 8.02. The third-order valence-electron chi connectivity index (χ3n) is 2.22. The van der Waals surface area contributed by atoms with Crippen LogP contribution in [-0.2, 0) is 0 Å². The summed E-state index contributed by atoms with van der Waals surface area (Å²) in [5, 5.41) is 9.72. The van der Waals surface area contributed by atoms with Gasteiger partial charge in [-0.2, -0.15) is 5.11 Å². The Morgan fingerprint density at radius 3 is 1.75 bits per heavy atom. The zero-order valence-corrected chi connectivity index (χ0v) is 14.0. The quantitative estimate of drug-likeness (QED) is 0.282. The van der Waals surface area contributed by atoms with Crippen molar-refractivity contribution >= 4 is 81.0 Å². The minimum absolute atomic E-state index is 0.256. The molecule has 2 rings (SSSR count). The SMILES string of the molecule is Clc1cc(Cl)c(Cl)c(N=Nc2cc(Cl)c(Cl)c(Cl)c2)c1. The zero-order chi connectivity index (χ0) is 14.9. The zero-order valence-electron chi connectivity index (χ0n) is 9.47. The van der Waals surface area contributed by atoms with Gasteiger partial charge in [0, 0.05) is 5.02 Å². The minimum Gasteiger partial charge on any atom is -0.150 e. The molecule has 0 unspecified atom stereocenters. The Hall–Kier alpha value is -0.220. The predicted molar refractivity (Wildman–Crippen MR) is 87.1 cm³/mol. The van der Waals surface area contributed by atoms with E-state index in [0.717, 1.165) is 0 Å². The summed E-state index contributed by atoms with van der Waals surface area (Å²) in [5.74, 6) is 0. The lowest BCUT2D eigenvalue weighted by molar-refractivity contribution is 1.23. The van der Waals surface area contributed by atoms with Crippen LogP contribution in [0.25, 0.3) is 0 Å². The first-order valence-corrected chi connectivity index (χ1v) is 7.36. The number of azo groups is 1. The number of benzene rings is 2. The average molecular weight is 389 g/mol. The molecule has 2 nitrogen and oxygen atoms in total. The van der Waals surface area contributed by atoms with Gasteiger partial charge in [-0.05, 0) is 24.3 Å². The molecule has 20 heavy (non-hydrogen) atoms. The molecule has 0 aliphatic carbocycles. The van der Waals surface area contributed by atoms with Crippen molar-refractivity contribution in [2.75, 3.05) is 0 Å². The highest BCUT2D eigenvalue weighted by Crippen LogP contribution is 2.38. The van der Waals surface area contributed by atoms with Crippen LogP contribution in [0.4, 0.5) is 11.4 Å². The molecular formula is C12H4Cl6N2. The Morgan fingerprint density at radius 1 is 0.600 bits per heavy atom. The molecule has 0 bridgehead atoms. The van der Waals surface area contributed by atoms with Crippen LogP contribution in [0.5, 0.6) is 0 Å². The Labute approximate surface area is 145 Å². The summed E-state index contributed by atoms with van der Waals surface area (Å²) >= 11 is 35.4. The van der Waals surface area contributed by atoms with Crippen molar-refractivity contribution in [1.82, 2.24) is 0 Å². The summed E-state index contributed by atoms with van der Waals surface area (Å²) in [5.41, 5.74) is 0.767. The number of hydrogen-bond acceptors (Lipinski definition) is 2. The van der Waals surface area contributed by atoms with Gasteiger partial charge in [-0.3, -0.25) is 0 Å². The molecule has 0 aliphatic rings. The summed E-state index contributed by atoms with van der Waals surface area (Å²) in [7, 11) is 0. The summed E-state index contributed by atoms with van der Waals surface area (Å²) in [6.45, 7) is 0. The van der Waals surface area contributed by atoms with Crippen molar-refractivity contribution in [2.24, 2.45) is 10.2 Å². The second-order valence-electron chi connectivity index (χ2n) is 3.64. The first-order chi connectivity index (χ1) is 9.38. The highest BCUT2D eigenvalue weighted by atomic mass is 35.5. The van der Waals surface area contributed by atoms with Crippen LogP contribution in [0.15, 0.2) is 34.5 Å². The first-order valence-electron chi connectivity index (χ1n) is 5.09. The summed E-state index contributed by atoms with van der Waals surface area (Å²) in [6, 6.07) is 6.11. The Bertz CT molecular complexity index is 676. The van der Waals surface area contributed by atoms with Crippen LogP contribution in [0.3, 0.4) is 0 Å². The maximum Gasteiger partial charge on any atom is 0.107 e. The lowest BCUT2D eigenvalue weighted by Gasteiger charge is -2.02. The van der Waals surface area contributed by atoms with E-state index in [1.165, 1.54) is 18.2 Å². The normalized spacial score (nSPS) is 11.3. The molecule has 2 aromatic rings. The van der Waals surface area contributed by atoms with Crippen LogP contribution in [-0.4, -0.2) is 0 Å². The molecule has 0 atom stereocenters. The lowest BCUT2D eigenvalue weighted by Crippen LogP contribution is -1.74. The van der Waals surface area contributed by atoms with Gasteiger partial charge in [-0.25, -0.2) is 0 Å². The molecule has 0 fully saturated rings. The monoisotopic (exact) mass is 386 g/mol. The lowest BCUT2D eigenvalue weighted by atomic mass is 10.3.